The molecule has 14 heavy (non-hydrogen) atoms. The number of para-hydroxylation sites is 2. The summed E-state index contributed by atoms with van der Waals surface area (Å²) in [5, 5.41) is 2.91. The minimum absolute atomic E-state index is 0.105. The van der Waals surface area contributed by atoms with E-state index in [-0.39, 0.29) is 5.91 Å². The first-order valence-electron chi connectivity index (χ1n) is 4.95. The van der Waals surface area contributed by atoms with Crippen molar-refractivity contribution >= 4 is 17.3 Å². The normalized spacial score (nSPS) is 15.8. The minimum Gasteiger partial charge on any atom is -0.370 e. The van der Waals surface area contributed by atoms with Crippen LogP contribution in [0.5, 0.6) is 0 Å². The number of hydrogen-bond donors (Lipinski definition) is 1. The first-order valence-corrected chi connectivity index (χ1v) is 4.95. The van der Waals surface area contributed by atoms with Gasteiger partial charge in [-0.15, -0.1) is 0 Å². The number of anilines is 2. The molecule has 2 rings (SSSR count). The lowest BCUT2D eigenvalue weighted by molar-refractivity contribution is -0.115. The van der Waals surface area contributed by atoms with Crippen LogP contribution in [-0.4, -0.2) is 19.0 Å². The molecule has 1 amide bonds. The molecule has 1 aliphatic rings. The monoisotopic (exact) mass is 190 g/mol. The molecule has 1 heterocycles. The Kier molecular flexibility index (Phi) is 2.39. The van der Waals surface area contributed by atoms with Crippen molar-refractivity contribution in [1.29, 1.82) is 0 Å². The lowest BCUT2D eigenvalue weighted by Crippen LogP contribution is -2.23. The van der Waals surface area contributed by atoms with Crippen LogP contribution < -0.4 is 10.2 Å². The molecule has 0 fully saturated rings. The molecule has 3 heteroatoms. The summed E-state index contributed by atoms with van der Waals surface area (Å²) < 4.78 is 0. The Hall–Kier alpha value is -1.51. The van der Waals surface area contributed by atoms with Gasteiger partial charge < -0.3 is 10.2 Å². The first kappa shape index (κ1) is 9.06. The number of amides is 1. The number of hydrogen-bond acceptors (Lipinski definition) is 2. The molecule has 0 atom stereocenters. The maximum absolute atomic E-state index is 11.4. The SMILES string of the molecule is CCN1CCC(=O)Nc2ccccc21. The highest BCUT2D eigenvalue weighted by Gasteiger charge is 2.16. The van der Waals surface area contributed by atoms with Crippen molar-refractivity contribution in [2.45, 2.75) is 13.3 Å². The highest BCUT2D eigenvalue weighted by molar-refractivity contribution is 5.96. The lowest BCUT2D eigenvalue weighted by Gasteiger charge is -2.21. The van der Waals surface area contributed by atoms with Gasteiger partial charge in [-0.1, -0.05) is 12.1 Å². The zero-order valence-electron chi connectivity index (χ0n) is 8.29. The number of carbonyl (C=O) groups is 1. The average molecular weight is 190 g/mol. The van der Waals surface area contributed by atoms with Crippen molar-refractivity contribution in [2.75, 3.05) is 23.3 Å². The summed E-state index contributed by atoms with van der Waals surface area (Å²) in [6.45, 7) is 3.85. The second-order valence-electron chi connectivity index (χ2n) is 3.39. The molecule has 74 valence electrons. The van der Waals surface area contributed by atoms with Crippen LogP contribution in [0.3, 0.4) is 0 Å². The van der Waals surface area contributed by atoms with E-state index < -0.39 is 0 Å². The smallest absolute Gasteiger partial charge is 0.226 e. The second kappa shape index (κ2) is 3.70. The Morgan fingerprint density at radius 1 is 1.43 bits per heavy atom. The van der Waals surface area contributed by atoms with Gasteiger partial charge in [0.05, 0.1) is 11.4 Å². The minimum atomic E-state index is 0.105. The molecule has 0 spiro atoms. The lowest BCUT2D eigenvalue weighted by atomic mass is 10.2. The summed E-state index contributed by atoms with van der Waals surface area (Å²) in [4.78, 5) is 13.6. The van der Waals surface area contributed by atoms with Gasteiger partial charge >= 0.3 is 0 Å². The van der Waals surface area contributed by atoms with Crippen LogP contribution in [0.4, 0.5) is 11.4 Å². The quantitative estimate of drug-likeness (QED) is 0.733. The topological polar surface area (TPSA) is 32.3 Å². The standard InChI is InChI=1S/C11H14N2O/c1-2-13-8-7-11(14)12-9-5-3-4-6-10(9)13/h3-6H,2,7-8H2,1H3,(H,12,14). The van der Waals surface area contributed by atoms with E-state index in [1.807, 2.05) is 24.3 Å². The van der Waals surface area contributed by atoms with E-state index in [2.05, 4.69) is 17.1 Å². The molecule has 0 unspecified atom stereocenters. The maximum Gasteiger partial charge on any atom is 0.226 e. The molecule has 1 aliphatic heterocycles. The van der Waals surface area contributed by atoms with Crippen LogP contribution in [0, 0.1) is 0 Å². The van der Waals surface area contributed by atoms with E-state index >= 15 is 0 Å². The van der Waals surface area contributed by atoms with Gasteiger partial charge in [-0.25, -0.2) is 0 Å². The molecule has 0 aliphatic carbocycles. The highest BCUT2D eigenvalue weighted by Crippen LogP contribution is 2.27. The summed E-state index contributed by atoms with van der Waals surface area (Å²) in [5.41, 5.74) is 2.05. The third-order valence-corrected chi connectivity index (χ3v) is 2.51. The number of rotatable bonds is 1. The van der Waals surface area contributed by atoms with Crippen molar-refractivity contribution in [3.63, 3.8) is 0 Å². The van der Waals surface area contributed by atoms with Gasteiger partial charge in [-0.05, 0) is 19.1 Å². The summed E-state index contributed by atoms with van der Waals surface area (Å²) in [6, 6.07) is 7.93. The third kappa shape index (κ3) is 1.58. The van der Waals surface area contributed by atoms with Gasteiger partial charge in [0, 0.05) is 19.5 Å². The molecule has 1 N–H and O–H groups in total. The average Bonchev–Trinajstić information content (AvgIpc) is 2.36. The first-order chi connectivity index (χ1) is 6.81. The largest absolute Gasteiger partial charge is 0.370 e. The summed E-state index contributed by atoms with van der Waals surface area (Å²) >= 11 is 0. The molecule has 0 radical (unpaired) electrons. The molecule has 3 nitrogen and oxygen atoms in total. The molecule has 0 saturated heterocycles. The Morgan fingerprint density at radius 3 is 3.00 bits per heavy atom. The second-order valence-corrected chi connectivity index (χ2v) is 3.39. The fourth-order valence-corrected chi connectivity index (χ4v) is 1.75. The van der Waals surface area contributed by atoms with Gasteiger partial charge in [0.15, 0.2) is 0 Å². The number of fused-ring (bicyclic) bond motifs is 1. The molecular formula is C11H14N2O. The van der Waals surface area contributed by atoms with Crippen LogP contribution in [-0.2, 0) is 4.79 Å². The maximum atomic E-state index is 11.4. The van der Waals surface area contributed by atoms with Crippen molar-refractivity contribution in [3.05, 3.63) is 24.3 Å². The van der Waals surface area contributed by atoms with Gasteiger partial charge in [0.2, 0.25) is 5.91 Å². The Balaban J connectivity index is 2.40. The number of benzene rings is 1. The predicted octanol–water partition coefficient (Wildman–Crippen LogP) is 1.86. The molecule has 1 aromatic carbocycles. The fraction of sp³-hybridized carbons (Fsp3) is 0.364. The molecule has 1 aromatic rings. The van der Waals surface area contributed by atoms with E-state index in [0.29, 0.717) is 6.42 Å². The van der Waals surface area contributed by atoms with Crippen LogP contribution in [0.2, 0.25) is 0 Å². The zero-order chi connectivity index (χ0) is 9.97. The molecule has 0 aromatic heterocycles. The van der Waals surface area contributed by atoms with Crippen molar-refractivity contribution in [2.24, 2.45) is 0 Å². The van der Waals surface area contributed by atoms with Crippen LogP contribution in [0.15, 0.2) is 24.3 Å². The van der Waals surface area contributed by atoms with Crippen LogP contribution in [0.1, 0.15) is 13.3 Å². The molecule has 0 bridgehead atoms. The number of nitrogens with one attached hydrogen (secondary N) is 1. The van der Waals surface area contributed by atoms with Gasteiger partial charge in [0.25, 0.3) is 0 Å². The van der Waals surface area contributed by atoms with Crippen molar-refractivity contribution < 1.29 is 4.79 Å². The zero-order valence-corrected chi connectivity index (χ0v) is 8.29. The summed E-state index contributed by atoms with van der Waals surface area (Å²) in [5.74, 6) is 0.105. The van der Waals surface area contributed by atoms with Crippen molar-refractivity contribution in [1.82, 2.24) is 0 Å². The highest BCUT2D eigenvalue weighted by atomic mass is 16.1. The third-order valence-electron chi connectivity index (χ3n) is 2.51. The van der Waals surface area contributed by atoms with Gasteiger partial charge in [-0.3, -0.25) is 4.79 Å². The molecular weight excluding hydrogens is 176 g/mol. The van der Waals surface area contributed by atoms with Crippen molar-refractivity contribution in [3.8, 4) is 0 Å². The fourth-order valence-electron chi connectivity index (χ4n) is 1.75. The molecule has 0 saturated carbocycles. The Morgan fingerprint density at radius 2 is 2.21 bits per heavy atom. The van der Waals surface area contributed by atoms with Gasteiger partial charge in [-0.2, -0.15) is 0 Å². The summed E-state index contributed by atoms with van der Waals surface area (Å²) in [7, 11) is 0. The van der Waals surface area contributed by atoms with E-state index in [4.69, 9.17) is 0 Å². The van der Waals surface area contributed by atoms with E-state index in [1.165, 1.54) is 0 Å². The summed E-state index contributed by atoms with van der Waals surface area (Å²) in [6.07, 6.45) is 0.572. The van der Waals surface area contributed by atoms with E-state index in [0.717, 1.165) is 24.5 Å². The van der Waals surface area contributed by atoms with Crippen LogP contribution >= 0.6 is 0 Å². The van der Waals surface area contributed by atoms with Gasteiger partial charge in [0.1, 0.15) is 0 Å². The Labute approximate surface area is 83.7 Å². The predicted molar refractivity (Wildman–Crippen MR) is 57.6 cm³/mol. The number of carbonyl (C=O) groups excluding carboxylic acids is 1. The van der Waals surface area contributed by atoms with E-state index in [1.54, 1.807) is 0 Å². The Bertz CT molecular complexity index is 349. The van der Waals surface area contributed by atoms with Crippen LogP contribution in [0.25, 0.3) is 0 Å². The number of nitrogens with zero attached hydrogens (tertiary/aromatic N) is 1. The van der Waals surface area contributed by atoms with E-state index in [9.17, 15) is 4.79 Å².